The largest absolute Gasteiger partial charge is 0.416 e. The first-order valence-corrected chi connectivity index (χ1v) is 17.4. The van der Waals surface area contributed by atoms with Gasteiger partial charge < -0.3 is 15.1 Å². The van der Waals surface area contributed by atoms with Crippen molar-refractivity contribution in [1.82, 2.24) is 20.1 Å². The summed E-state index contributed by atoms with van der Waals surface area (Å²) in [5.41, 5.74) is 2.18. The van der Waals surface area contributed by atoms with Gasteiger partial charge in [-0.15, -0.1) is 11.3 Å². The Bertz CT molecular complexity index is 1720. The number of carbonyl (C=O) groups excluding carboxylic acids is 3. The average molecular weight is 691 g/mol. The van der Waals surface area contributed by atoms with Crippen molar-refractivity contribution in [3.8, 4) is 11.1 Å². The molecule has 2 aliphatic heterocycles. The zero-order valence-corrected chi connectivity index (χ0v) is 28.5. The molecule has 2 saturated heterocycles. The number of benzene rings is 2. The highest BCUT2D eigenvalue weighted by Gasteiger charge is 2.33. The number of likely N-dealkylation sites (tertiary alicyclic amines) is 2. The van der Waals surface area contributed by atoms with Crippen LogP contribution in [0.5, 0.6) is 0 Å². The number of alkyl halides is 3. The molecule has 3 aromatic rings. The fourth-order valence-corrected chi connectivity index (χ4v) is 7.18. The van der Waals surface area contributed by atoms with E-state index in [-0.39, 0.29) is 35.6 Å². The molecule has 5 rings (SSSR count). The fraction of sp³-hybridized carbons (Fsp3) is 0.368. The Kier molecular flexibility index (Phi) is 11.5. The van der Waals surface area contributed by atoms with Crippen molar-refractivity contribution in [3.63, 3.8) is 0 Å². The SMILES string of the molecule is C=C(C)/C=C\C=C/C(C)C(=O)NC[C@@H]1CCCN1C(=O)c1csc(C2CCN(C(=O)c3ccccc3-c3ccc(C(F)(F)F)cc3)CC2)n1. The summed E-state index contributed by atoms with van der Waals surface area (Å²) in [5, 5.41) is 5.66. The molecule has 2 fully saturated rings. The summed E-state index contributed by atoms with van der Waals surface area (Å²) < 4.78 is 39.2. The van der Waals surface area contributed by atoms with Gasteiger partial charge in [-0.25, -0.2) is 4.98 Å². The maximum absolute atomic E-state index is 13.6. The summed E-state index contributed by atoms with van der Waals surface area (Å²) in [4.78, 5) is 48.1. The quantitative estimate of drug-likeness (QED) is 0.220. The van der Waals surface area contributed by atoms with E-state index in [4.69, 9.17) is 4.98 Å². The van der Waals surface area contributed by atoms with Crippen molar-refractivity contribution in [2.24, 2.45) is 5.92 Å². The standard InChI is InChI=1S/C38H41F3N4O3S/c1-25(2)9-4-5-10-26(3)34(46)42-23-30-11-8-20-45(30)37(48)33-24-49-35(43-33)28-18-21-44(22-19-28)36(47)32-13-7-6-12-31(32)27-14-16-29(17-15-27)38(39,40)41/h4-7,9-10,12-17,24,26,28,30H,1,8,11,18-23H2,2-3H3,(H,42,46)/b9-4-,10-5-/t26?,30-/m0/s1. The van der Waals surface area contributed by atoms with Crippen LogP contribution >= 0.6 is 11.3 Å². The monoisotopic (exact) mass is 690 g/mol. The second-order valence-electron chi connectivity index (χ2n) is 12.7. The van der Waals surface area contributed by atoms with Crippen molar-refractivity contribution in [3.05, 3.63) is 112 Å². The summed E-state index contributed by atoms with van der Waals surface area (Å²) in [7, 11) is 0. The van der Waals surface area contributed by atoms with Gasteiger partial charge in [0.05, 0.1) is 16.5 Å². The van der Waals surface area contributed by atoms with E-state index in [9.17, 15) is 27.6 Å². The maximum atomic E-state index is 13.6. The molecule has 0 bridgehead atoms. The lowest BCUT2D eigenvalue weighted by atomic mass is 9.94. The number of amides is 3. The zero-order valence-electron chi connectivity index (χ0n) is 27.7. The number of aromatic nitrogens is 1. The van der Waals surface area contributed by atoms with E-state index in [1.807, 2.05) is 43.1 Å². The molecule has 0 saturated carbocycles. The van der Waals surface area contributed by atoms with Gasteiger partial charge >= 0.3 is 6.18 Å². The molecule has 258 valence electrons. The van der Waals surface area contributed by atoms with Gasteiger partial charge in [0.25, 0.3) is 11.8 Å². The molecule has 1 unspecified atom stereocenters. The second kappa shape index (κ2) is 15.8. The minimum atomic E-state index is -4.43. The molecule has 49 heavy (non-hydrogen) atoms. The zero-order chi connectivity index (χ0) is 35.1. The van der Waals surface area contributed by atoms with Gasteiger partial charge in [0.2, 0.25) is 5.91 Å². The minimum absolute atomic E-state index is 0.0943. The number of hydrogen-bond donors (Lipinski definition) is 1. The van der Waals surface area contributed by atoms with E-state index in [0.29, 0.717) is 61.4 Å². The molecule has 3 heterocycles. The molecular formula is C38H41F3N4O3S. The van der Waals surface area contributed by atoms with Gasteiger partial charge in [0, 0.05) is 49.1 Å². The van der Waals surface area contributed by atoms with Crippen LogP contribution in [0.25, 0.3) is 11.1 Å². The smallest absolute Gasteiger partial charge is 0.354 e. The summed E-state index contributed by atoms with van der Waals surface area (Å²) in [5.74, 6) is -0.597. The highest BCUT2D eigenvalue weighted by molar-refractivity contribution is 7.09. The normalized spacial score (nSPS) is 17.9. The molecule has 2 aromatic carbocycles. The highest BCUT2D eigenvalue weighted by Crippen LogP contribution is 2.34. The Morgan fingerprint density at radius 1 is 1.02 bits per heavy atom. The molecule has 0 radical (unpaired) electrons. The Balaban J connectivity index is 1.15. The number of carbonyl (C=O) groups is 3. The third kappa shape index (κ3) is 8.94. The summed E-state index contributed by atoms with van der Waals surface area (Å²) in [6, 6.07) is 11.7. The van der Waals surface area contributed by atoms with Crippen LogP contribution in [0.4, 0.5) is 13.2 Å². The first-order valence-electron chi connectivity index (χ1n) is 16.5. The van der Waals surface area contributed by atoms with Crippen LogP contribution in [0.3, 0.4) is 0 Å². The summed E-state index contributed by atoms with van der Waals surface area (Å²) in [6.07, 6.45) is 5.98. The first kappa shape index (κ1) is 35.8. The summed E-state index contributed by atoms with van der Waals surface area (Å²) >= 11 is 1.46. The van der Waals surface area contributed by atoms with E-state index < -0.39 is 11.7 Å². The maximum Gasteiger partial charge on any atom is 0.416 e. The topological polar surface area (TPSA) is 82.6 Å². The van der Waals surface area contributed by atoms with Crippen LogP contribution in [0.1, 0.15) is 76.9 Å². The number of rotatable bonds is 10. The number of thiazole rings is 1. The lowest BCUT2D eigenvalue weighted by Gasteiger charge is -2.31. The number of nitrogens with one attached hydrogen (secondary N) is 1. The number of piperidine rings is 1. The molecule has 3 amide bonds. The van der Waals surface area contributed by atoms with E-state index in [2.05, 4.69) is 11.9 Å². The lowest BCUT2D eigenvalue weighted by molar-refractivity contribution is -0.137. The third-order valence-corrected chi connectivity index (χ3v) is 10.0. The van der Waals surface area contributed by atoms with Crippen molar-refractivity contribution < 1.29 is 27.6 Å². The Morgan fingerprint density at radius 3 is 2.43 bits per heavy atom. The predicted molar refractivity (Wildman–Crippen MR) is 186 cm³/mol. The Labute approximate surface area is 289 Å². The van der Waals surface area contributed by atoms with Crippen LogP contribution in [0, 0.1) is 5.92 Å². The minimum Gasteiger partial charge on any atom is -0.354 e. The molecular weight excluding hydrogens is 650 g/mol. The molecule has 2 aliphatic rings. The number of hydrogen-bond acceptors (Lipinski definition) is 5. The molecule has 7 nitrogen and oxygen atoms in total. The van der Waals surface area contributed by atoms with Gasteiger partial charge in [-0.1, -0.05) is 73.7 Å². The molecule has 1 aromatic heterocycles. The lowest BCUT2D eigenvalue weighted by Crippen LogP contribution is -2.44. The van der Waals surface area contributed by atoms with Crippen LogP contribution in [-0.2, 0) is 11.0 Å². The molecule has 1 N–H and O–H groups in total. The summed E-state index contributed by atoms with van der Waals surface area (Å²) in [6.45, 7) is 9.54. The van der Waals surface area contributed by atoms with Crippen LogP contribution in [0.15, 0.2) is 90.4 Å². The Morgan fingerprint density at radius 2 is 1.73 bits per heavy atom. The second-order valence-corrected chi connectivity index (χ2v) is 13.6. The fourth-order valence-electron chi connectivity index (χ4n) is 6.21. The van der Waals surface area contributed by atoms with E-state index >= 15 is 0 Å². The van der Waals surface area contributed by atoms with Gasteiger partial charge in [-0.3, -0.25) is 14.4 Å². The van der Waals surface area contributed by atoms with E-state index in [1.165, 1.54) is 23.5 Å². The number of halogens is 3. The average Bonchev–Trinajstić information content (AvgIpc) is 3.79. The van der Waals surface area contributed by atoms with Crippen molar-refractivity contribution in [2.45, 2.75) is 57.7 Å². The highest BCUT2D eigenvalue weighted by atomic mass is 32.1. The number of allylic oxidation sites excluding steroid dienone is 4. The van der Waals surface area contributed by atoms with E-state index in [0.717, 1.165) is 35.6 Å². The Hall–Kier alpha value is -4.51. The molecule has 2 atom stereocenters. The van der Waals surface area contributed by atoms with Gasteiger partial charge in [0.15, 0.2) is 0 Å². The van der Waals surface area contributed by atoms with Crippen molar-refractivity contribution in [2.75, 3.05) is 26.2 Å². The molecule has 11 heteroatoms. The number of nitrogens with zero attached hydrogens (tertiary/aromatic N) is 3. The van der Waals surface area contributed by atoms with Gasteiger partial charge in [-0.05, 0) is 61.9 Å². The molecule has 0 spiro atoms. The van der Waals surface area contributed by atoms with Crippen molar-refractivity contribution >= 4 is 29.1 Å². The molecule has 0 aliphatic carbocycles. The van der Waals surface area contributed by atoms with E-state index in [1.54, 1.807) is 34.5 Å². The van der Waals surface area contributed by atoms with Gasteiger partial charge in [-0.2, -0.15) is 13.2 Å². The third-order valence-electron chi connectivity index (χ3n) is 9.01. The van der Waals surface area contributed by atoms with Crippen LogP contribution in [-0.4, -0.2) is 64.7 Å². The predicted octanol–water partition coefficient (Wildman–Crippen LogP) is 7.89. The van der Waals surface area contributed by atoms with Crippen molar-refractivity contribution in [1.29, 1.82) is 0 Å². The van der Waals surface area contributed by atoms with Crippen LogP contribution < -0.4 is 5.32 Å². The first-order chi connectivity index (χ1) is 23.4. The van der Waals surface area contributed by atoms with Gasteiger partial charge in [0.1, 0.15) is 5.69 Å². The van der Waals surface area contributed by atoms with Crippen LogP contribution in [0.2, 0.25) is 0 Å².